The summed E-state index contributed by atoms with van der Waals surface area (Å²) in [4.78, 5) is 0. The smallest absolute Gasteiger partial charge is 0.0653 e. The standard InChI is InChI=1S/C16H24O/c1-15(2)11-12-16(17,13-15)10-6-9-14-7-4-3-5-8-14/h3-5,7-8,17H,6,9-13H2,1-2H3. The van der Waals surface area contributed by atoms with Crippen LogP contribution in [0.15, 0.2) is 30.3 Å². The molecule has 1 aliphatic rings. The lowest BCUT2D eigenvalue weighted by molar-refractivity contribution is 0.0271. The van der Waals surface area contributed by atoms with Crippen LogP contribution in [0.5, 0.6) is 0 Å². The van der Waals surface area contributed by atoms with E-state index in [1.807, 2.05) is 0 Å². The van der Waals surface area contributed by atoms with Crippen LogP contribution in [0, 0.1) is 5.41 Å². The number of benzene rings is 1. The molecule has 1 atom stereocenters. The zero-order valence-electron chi connectivity index (χ0n) is 11.1. The van der Waals surface area contributed by atoms with E-state index in [1.165, 1.54) is 5.56 Å². The summed E-state index contributed by atoms with van der Waals surface area (Å²) in [6.07, 6.45) is 6.24. The molecule has 0 aliphatic heterocycles. The lowest BCUT2D eigenvalue weighted by Gasteiger charge is -2.25. The summed E-state index contributed by atoms with van der Waals surface area (Å²) in [7, 11) is 0. The predicted octanol–water partition coefficient (Wildman–Crippen LogP) is 3.95. The maximum Gasteiger partial charge on any atom is 0.0653 e. The molecule has 2 rings (SSSR count). The molecule has 1 heteroatoms. The molecule has 0 radical (unpaired) electrons. The summed E-state index contributed by atoms with van der Waals surface area (Å²) >= 11 is 0. The van der Waals surface area contributed by atoms with E-state index >= 15 is 0 Å². The number of aryl methyl sites for hydroxylation is 1. The predicted molar refractivity (Wildman–Crippen MR) is 72.0 cm³/mol. The summed E-state index contributed by atoms with van der Waals surface area (Å²) in [5.41, 5.74) is 1.33. The van der Waals surface area contributed by atoms with E-state index in [1.54, 1.807) is 0 Å². The third-order valence-corrected chi connectivity index (χ3v) is 4.03. The van der Waals surface area contributed by atoms with Crippen molar-refractivity contribution < 1.29 is 5.11 Å². The van der Waals surface area contributed by atoms with E-state index in [2.05, 4.69) is 44.2 Å². The van der Waals surface area contributed by atoms with Gasteiger partial charge in [0.2, 0.25) is 0 Å². The third-order valence-electron chi connectivity index (χ3n) is 4.03. The highest BCUT2D eigenvalue weighted by atomic mass is 16.3. The van der Waals surface area contributed by atoms with E-state index < -0.39 is 5.60 Å². The largest absolute Gasteiger partial charge is 0.390 e. The molecule has 1 saturated carbocycles. The number of hydrogen-bond donors (Lipinski definition) is 1. The summed E-state index contributed by atoms with van der Waals surface area (Å²) in [6, 6.07) is 10.6. The van der Waals surface area contributed by atoms with Crippen LogP contribution in [-0.2, 0) is 6.42 Å². The SMILES string of the molecule is CC1(C)CCC(O)(CCCc2ccccc2)C1. The second kappa shape index (κ2) is 4.81. The van der Waals surface area contributed by atoms with Crippen molar-refractivity contribution in [3.8, 4) is 0 Å². The molecule has 1 nitrogen and oxygen atoms in total. The van der Waals surface area contributed by atoms with Gasteiger partial charge in [-0.2, -0.15) is 0 Å². The monoisotopic (exact) mass is 232 g/mol. The van der Waals surface area contributed by atoms with Gasteiger partial charge >= 0.3 is 0 Å². The highest BCUT2D eigenvalue weighted by Crippen LogP contribution is 2.45. The highest BCUT2D eigenvalue weighted by Gasteiger charge is 2.40. The summed E-state index contributed by atoms with van der Waals surface area (Å²) in [6.45, 7) is 4.53. The van der Waals surface area contributed by atoms with E-state index in [4.69, 9.17) is 0 Å². The minimum Gasteiger partial charge on any atom is -0.390 e. The molecule has 0 aromatic heterocycles. The lowest BCUT2D eigenvalue weighted by Crippen LogP contribution is -2.26. The molecule has 0 heterocycles. The molecular formula is C16H24O. The minimum atomic E-state index is -0.391. The van der Waals surface area contributed by atoms with Gasteiger partial charge < -0.3 is 5.11 Å². The first-order chi connectivity index (χ1) is 7.99. The van der Waals surface area contributed by atoms with Gasteiger partial charge in [-0.15, -0.1) is 0 Å². The van der Waals surface area contributed by atoms with Crippen molar-refractivity contribution >= 4 is 0 Å². The maximum absolute atomic E-state index is 10.5. The molecule has 0 bridgehead atoms. The first kappa shape index (κ1) is 12.6. The highest BCUT2D eigenvalue weighted by molar-refractivity contribution is 5.14. The van der Waals surface area contributed by atoms with Crippen molar-refractivity contribution in [1.29, 1.82) is 0 Å². The molecular weight excluding hydrogens is 208 g/mol. The summed E-state index contributed by atoms with van der Waals surface area (Å²) in [5.74, 6) is 0. The van der Waals surface area contributed by atoms with E-state index in [0.29, 0.717) is 5.41 Å². The van der Waals surface area contributed by atoms with Gasteiger partial charge in [0.05, 0.1) is 5.60 Å². The Hall–Kier alpha value is -0.820. The van der Waals surface area contributed by atoms with Crippen LogP contribution in [0.3, 0.4) is 0 Å². The molecule has 1 aromatic rings. The summed E-state index contributed by atoms with van der Waals surface area (Å²) < 4.78 is 0. The van der Waals surface area contributed by atoms with Crippen LogP contribution in [-0.4, -0.2) is 10.7 Å². The van der Waals surface area contributed by atoms with E-state index in [9.17, 15) is 5.11 Å². The van der Waals surface area contributed by atoms with Crippen molar-refractivity contribution in [3.63, 3.8) is 0 Å². The quantitative estimate of drug-likeness (QED) is 0.833. The first-order valence-electron chi connectivity index (χ1n) is 6.76. The Morgan fingerprint density at radius 1 is 1.12 bits per heavy atom. The lowest BCUT2D eigenvalue weighted by atomic mass is 9.87. The Balaban J connectivity index is 1.79. The Bertz CT molecular complexity index is 355. The average Bonchev–Trinajstić information content (AvgIpc) is 2.55. The van der Waals surface area contributed by atoms with Crippen LogP contribution in [0.25, 0.3) is 0 Å². The molecule has 1 aromatic carbocycles. The normalized spacial score (nSPS) is 27.2. The van der Waals surface area contributed by atoms with Gasteiger partial charge in [0.25, 0.3) is 0 Å². The van der Waals surface area contributed by atoms with Crippen molar-refractivity contribution in [2.45, 2.75) is 58.0 Å². The Morgan fingerprint density at radius 2 is 1.82 bits per heavy atom. The Labute approximate surface area is 105 Å². The maximum atomic E-state index is 10.5. The van der Waals surface area contributed by atoms with Crippen molar-refractivity contribution in [1.82, 2.24) is 0 Å². The van der Waals surface area contributed by atoms with E-state index in [0.717, 1.165) is 38.5 Å². The number of rotatable bonds is 4. The molecule has 0 amide bonds. The van der Waals surface area contributed by atoms with Gasteiger partial charge in [-0.05, 0) is 49.5 Å². The van der Waals surface area contributed by atoms with Crippen molar-refractivity contribution in [2.75, 3.05) is 0 Å². The second-order valence-electron chi connectivity index (χ2n) is 6.40. The fraction of sp³-hybridized carbons (Fsp3) is 0.625. The van der Waals surface area contributed by atoms with E-state index in [-0.39, 0.29) is 0 Å². The van der Waals surface area contributed by atoms with Crippen LogP contribution in [0.1, 0.15) is 51.5 Å². The fourth-order valence-corrected chi connectivity index (χ4v) is 3.12. The van der Waals surface area contributed by atoms with Crippen LogP contribution < -0.4 is 0 Å². The Morgan fingerprint density at radius 3 is 2.41 bits per heavy atom. The molecule has 1 N–H and O–H groups in total. The molecule has 1 aliphatic carbocycles. The van der Waals surface area contributed by atoms with Gasteiger partial charge in [0, 0.05) is 0 Å². The van der Waals surface area contributed by atoms with Gasteiger partial charge in [0.15, 0.2) is 0 Å². The molecule has 94 valence electrons. The topological polar surface area (TPSA) is 20.2 Å². The molecule has 17 heavy (non-hydrogen) atoms. The van der Waals surface area contributed by atoms with Crippen molar-refractivity contribution in [3.05, 3.63) is 35.9 Å². The first-order valence-corrected chi connectivity index (χ1v) is 6.76. The molecule has 0 saturated heterocycles. The summed E-state index contributed by atoms with van der Waals surface area (Å²) in [5, 5.41) is 10.5. The zero-order chi connectivity index (χ0) is 12.4. The second-order valence-corrected chi connectivity index (χ2v) is 6.40. The molecule has 1 fully saturated rings. The number of aliphatic hydroxyl groups is 1. The van der Waals surface area contributed by atoms with Crippen LogP contribution in [0.4, 0.5) is 0 Å². The van der Waals surface area contributed by atoms with Crippen molar-refractivity contribution in [2.24, 2.45) is 5.41 Å². The zero-order valence-corrected chi connectivity index (χ0v) is 11.1. The van der Waals surface area contributed by atoms with Gasteiger partial charge in [-0.3, -0.25) is 0 Å². The minimum absolute atomic E-state index is 0.335. The fourth-order valence-electron chi connectivity index (χ4n) is 3.12. The van der Waals surface area contributed by atoms with Gasteiger partial charge in [-0.1, -0.05) is 44.2 Å². The Kier molecular flexibility index (Phi) is 3.58. The number of hydrogen-bond acceptors (Lipinski definition) is 1. The van der Waals surface area contributed by atoms with Crippen LogP contribution >= 0.6 is 0 Å². The molecule has 1 unspecified atom stereocenters. The van der Waals surface area contributed by atoms with Gasteiger partial charge in [-0.25, -0.2) is 0 Å². The molecule has 0 spiro atoms. The van der Waals surface area contributed by atoms with Crippen LogP contribution in [0.2, 0.25) is 0 Å². The van der Waals surface area contributed by atoms with Gasteiger partial charge in [0.1, 0.15) is 0 Å². The average molecular weight is 232 g/mol. The third kappa shape index (κ3) is 3.57.